The van der Waals surface area contributed by atoms with Crippen LogP contribution in [0.3, 0.4) is 0 Å². The van der Waals surface area contributed by atoms with Crippen LogP contribution in [0.25, 0.3) is 0 Å². The Labute approximate surface area is 163 Å². The molecule has 6 nitrogen and oxygen atoms in total. The van der Waals surface area contributed by atoms with Crippen LogP contribution in [-0.2, 0) is 9.59 Å². The largest absolute Gasteiger partial charge is 0.483 e. The van der Waals surface area contributed by atoms with Gasteiger partial charge in [-0.15, -0.1) is 0 Å². The van der Waals surface area contributed by atoms with E-state index in [9.17, 15) is 9.59 Å². The van der Waals surface area contributed by atoms with E-state index >= 15 is 0 Å². The highest BCUT2D eigenvalue weighted by Gasteiger charge is 2.19. The van der Waals surface area contributed by atoms with Gasteiger partial charge in [0.1, 0.15) is 5.75 Å². The molecule has 2 aromatic carbocycles. The zero-order valence-corrected chi connectivity index (χ0v) is 16.1. The maximum atomic E-state index is 12.2. The number of carbonyl (C=O) groups is 2. The minimum Gasteiger partial charge on any atom is -0.483 e. The molecule has 2 amide bonds. The lowest BCUT2D eigenvalue weighted by molar-refractivity contribution is -0.120. The van der Waals surface area contributed by atoms with Gasteiger partial charge in [-0.2, -0.15) is 0 Å². The molecule has 2 aromatic rings. The average Bonchev–Trinajstić information content (AvgIpc) is 2.62. The summed E-state index contributed by atoms with van der Waals surface area (Å²) in [7, 11) is 0. The summed E-state index contributed by atoms with van der Waals surface area (Å²) < 4.78 is 5.61. The standard InChI is InChI=1S/C20H22ClN3O3/c1-13-3-4-14(2)18(9-13)27-12-20(26)23-15-5-6-17(16(21)10-15)24-8-7-22-19(25)11-24/h3-6,9-10H,7-8,11-12H2,1-2H3,(H,22,25)(H,23,26). The molecule has 3 rings (SSSR count). The van der Waals surface area contributed by atoms with Gasteiger partial charge in [0.15, 0.2) is 6.61 Å². The minimum atomic E-state index is -0.267. The topological polar surface area (TPSA) is 70.7 Å². The number of hydrogen-bond donors (Lipinski definition) is 2. The number of nitrogens with zero attached hydrogens (tertiary/aromatic N) is 1. The third-order valence-electron chi connectivity index (χ3n) is 4.31. The van der Waals surface area contributed by atoms with Gasteiger partial charge in [0.25, 0.3) is 5.91 Å². The molecule has 1 heterocycles. The first kappa shape index (κ1) is 19.0. The number of ether oxygens (including phenoxy) is 1. The van der Waals surface area contributed by atoms with Gasteiger partial charge in [0.05, 0.1) is 17.3 Å². The molecule has 7 heteroatoms. The maximum absolute atomic E-state index is 12.2. The van der Waals surface area contributed by atoms with Gasteiger partial charge in [-0.3, -0.25) is 9.59 Å². The molecule has 27 heavy (non-hydrogen) atoms. The molecule has 1 aliphatic rings. The Morgan fingerprint density at radius 2 is 2.07 bits per heavy atom. The lowest BCUT2D eigenvalue weighted by atomic mass is 10.1. The normalized spacial score (nSPS) is 13.9. The van der Waals surface area contributed by atoms with Crippen LogP contribution in [0.2, 0.25) is 5.02 Å². The number of aryl methyl sites for hydroxylation is 2. The number of piperazine rings is 1. The van der Waals surface area contributed by atoms with E-state index < -0.39 is 0 Å². The van der Waals surface area contributed by atoms with Gasteiger partial charge < -0.3 is 20.3 Å². The van der Waals surface area contributed by atoms with Gasteiger partial charge in [-0.1, -0.05) is 23.7 Å². The first-order chi connectivity index (χ1) is 12.9. The van der Waals surface area contributed by atoms with Crippen LogP contribution in [0, 0.1) is 13.8 Å². The van der Waals surface area contributed by atoms with E-state index in [2.05, 4.69) is 10.6 Å². The van der Waals surface area contributed by atoms with Crippen LogP contribution in [0.5, 0.6) is 5.75 Å². The molecule has 0 unspecified atom stereocenters. The van der Waals surface area contributed by atoms with E-state index in [1.54, 1.807) is 12.1 Å². The molecule has 1 aliphatic heterocycles. The highest BCUT2D eigenvalue weighted by molar-refractivity contribution is 6.33. The van der Waals surface area contributed by atoms with Gasteiger partial charge in [0, 0.05) is 18.8 Å². The van der Waals surface area contributed by atoms with Crippen molar-refractivity contribution in [3.05, 3.63) is 52.5 Å². The van der Waals surface area contributed by atoms with E-state index in [0.717, 1.165) is 16.8 Å². The highest BCUT2D eigenvalue weighted by atomic mass is 35.5. The number of carbonyl (C=O) groups excluding carboxylic acids is 2. The monoisotopic (exact) mass is 387 g/mol. The Morgan fingerprint density at radius 3 is 2.81 bits per heavy atom. The number of nitrogens with one attached hydrogen (secondary N) is 2. The van der Waals surface area contributed by atoms with Crippen molar-refractivity contribution >= 4 is 34.8 Å². The quantitative estimate of drug-likeness (QED) is 0.827. The van der Waals surface area contributed by atoms with Crippen LogP contribution in [0.15, 0.2) is 36.4 Å². The average molecular weight is 388 g/mol. The first-order valence-corrected chi connectivity index (χ1v) is 9.11. The van der Waals surface area contributed by atoms with Crippen LogP contribution in [0.1, 0.15) is 11.1 Å². The third-order valence-corrected chi connectivity index (χ3v) is 4.62. The number of hydrogen-bond acceptors (Lipinski definition) is 4. The Bertz CT molecular complexity index is 870. The fourth-order valence-corrected chi connectivity index (χ4v) is 3.19. The first-order valence-electron chi connectivity index (χ1n) is 8.73. The fraction of sp³-hybridized carbons (Fsp3) is 0.300. The van der Waals surface area contributed by atoms with Crippen molar-refractivity contribution in [1.82, 2.24) is 5.32 Å². The molecule has 0 bridgehead atoms. The minimum absolute atomic E-state index is 0.0294. The smallest absolute Gasteiger partial charge is 0.262 e. The van der Waals surface area contributed by atoms with Crippen molar-refractivity contribution in [2.45, 2.75) is 13.8 Å². The summed E-state index contributed by atoms with van der Waals surface area (Å²) >= 11 is 6.35. The highest BCUT2D eigenvalue weighted by Crippen LogP contribution is 2.29. The molecule has 2 N–H and O–H groups in total. The number of halogens is 1. The summed E-state index contributed by atoms with van der Waals surface area (Å²) in [5.41, 5.74) is 3.41. The number of rotatable bonds is 5. The molecule has 0 spiro atoms. The van der Waals surface area contributed by atoms with Gasteiger partial charge in [0.2, 0.25) is 5.91 Å². The van der Waals surface area contributed by atoms with Gasteiger partial charge >= 0.3 is 0 Å². The Morgan fingerprint density at radius 1 is 1.26 bits per heavy atom. The Hall–Kier alpha value is -2.73. The second-order valence-corrected chi connectivity index (χ2v) is 6.95. The van der Waals surface area contributed by atoms with Crippen LogP contribution < -0.4 is 20.3 Å². The molecule has 0 radical (unpaired) electrons. The third kappa shape index (κ3) is 4.92. The van der Waals surface area contributed by atoms with Crippen LogP contribution in [-0.4, -0.2) is 38.1 Å². The van der Waals surface area contributed by atoms with Crippen LogP contribution >= 0.6 is 11.6 Å². The number of benzene rings is 2. The molecule has 0 atom stereocenters. The summed E-state index contributed by atoms with van der Waals surface area (Å²) in [6, 6.07) is 11.1. The SMILES string of the molecule is Cc1ccc(C)c(OCC(=O)Nc2ccc(N3CCNC(=O)C3)c(Cl)c2)c1. The predicted molar refractivity (Wildman–Crippen MR) is 107 cm³/mol. The van der Waals surface area contributed by atoms with Gasteiger partial charge in [-0.25, -0.2) is 0 Å². The molecular formula is C20H22ClN3O3. The lowest BCUT2D eigenvalue weighted by Crippen LogP contribution is -2.47. The molecular weight excluding hydrogens is 366 g/mol. The Kier molecular flexibility index (Phi) is 5.86. The van der Waals surface area contributed by atoms with E-state index in [1.807, 2.05) is 43.0 Å². The van der Waals surface area contributed by atoms with Crippen molar-refractivity contribution in [1.29, 1.82) is 0 Å². The molecule has 1 fully saturated rings. The van der Waals surface area contributed by atoms with Crippen LogP contribution in [0.4, 0.5) is 11.4 Å². The van der Waals surface area contributed by atoms with E-state index in [1.165, 1.54) is 0 Å². The van der Waals surface area contributed by atoms with E-state index in [0.29, 0.717) is 29.5 Å². The molecule has 1 saturated heterocycles. The zero-order valence-electron chi connectivity index (χ0n) is 15.3. The second kappa shape index (κ2) is 8.31. The van der Waals surface area contributed by atoms with Crippen molar-refractivity contribution in [2.75, 3.05) is 36.5 Å². The van der Waals surface area contributed by atoms with E-state index in [-0.39, 0.29) is 25.0 Å². The summed E-state index contributed by atoms with van der Waals surface area (Å²) in [6.45, 7) is 5.38. The van der Waals surface area contributed by atoms with Crippen molar-refractivity contribution in [3.63, 3.8) is 0 Å². The molecule has 0 aliphatic carbocycles. The summed E-state index contributed by atoms with van der Waals surface area (Å²) in [5.74, 6) is 0.400. The van der Waals surface area contributed by atoms with Crippen molar-refractivity contribution < 1.29 is 14.3 Å². The maximum Gasteiger partial charge on any atom is 0.262 e. The number of amides is 2. The Balaban J connectivity index is 1.60. The molecule has 0 saturated carbocycles. The van der Waals surface area contributed by atoms with Gasteiger partial charge in [-0.05, 0) is 49.2 Å². The predicted octanol–water partition coefficient (Wildman–Crippen LogP) is 2.91. The summed E-state index contributed by atoms with van der Waals surface area (Å²) in [4.78, 5) is 25.6. The molecule has 0 aromatic heterocycles. The summed E-state index contributed by atoms with van der Waals surface area (Å²) in [6.07, 6.45) is 0. The van der Waals surface area contributed by atoms with Crippen molar-refractivity contribution in [3.8, 4) is 5.75 Å². The van der Waals surface area contributed by atoms with Crippen molar-refractivity contribution in [2.24, 2.45) is 0 Å². The summed E-state index contributed by atoms with van der Waals surface area (Å²) in [5, 5.41) is 6.04. The fourth-order valence-electron chi connectivity index (χ4n) is 2.89. The lowest BCUT2D eigenvalue weighted by Gasteiger charge is -2.29. The zero-order chi connectivity index (χ0) is 19.4. The number of anilines is 2. The second-order valence-electron chi connectivity index (χ2n) is 6.54. The molecule has 142 valence electrons. The van der Waals surface area contributed by atoms with E-state index in [4.69, 9.17) is 16.3 Å².